The molecule has 2 aromatic rings. The van der Waals surface area contributed by atoms with Crippen molar-refractivity contribution < 1.29 is 9.84 Å². The van der Waals surface area contributed by atoms with Gasteiger partial charge in [0.2, 0.25) is 0 Å². The number of imidazole rings is 1. The molecule has 18 heavy (non-hydrogen) atoms. The minimum atomic E-state index is -0.285. The second kappa shape index (κ2) is 4.35. The molecule has 0 saturated heterocycles. The largest absolute Gasteiger partial charge is 0.393 e. The van der Waals surface area contributed by atoms with Gasteiger partial charge in [0, 0.05) is 7.05 Å². The number of ether oxygens (including phenoxy) is 1. The molecule has 94 valence electrons. The molecule has 7 nitrogen and oxygen atoms in total. The number of nitrogens with zero attached hydrogens (tertiary/aromatic N) is 4. The van der Waals surface area contributed by atoms with Crippen LogP contribution >= 0.6 is 0 Å². The van der Waals surface area contributed by atoms with E-state index in [1.165, 1.54) is 6.33 Å². The summed E-state index contributed by atoms with van der Waals surface area (Å²) in [6, 6.07) is 0. The van der Waals surface area contributed by atoms with Crippen LogP contribution in [0.2, 0.25) is 0 Å². The molecule has 0 unspecified atom stereocenters. The minimum Gasteiger partial charge on any atom is -0.393 e. The molecule has 0 bridgehead atoms. The highest BCUT2D eigenvalue weighted by Crippen LogP contribution is 2.26. The van der Waals surface area contributed by atoms with E-state index in [1.54, 1.807) is 13.4 Å². The zero-order valence-corrected chi connectivity index (χ0v) is 9.82. The van der Waals surface area contributed by atoms with Crippen molar-refractivity contribution in [2.75, 3.05) is 19.0 Å². The predicted octanol–water partition coefficient (Wildman–Crippen LogP) is 0.314. The Hall–Kier alpha value is -1.99. The highest BCUT2D eigenvalue weighted by molar-refractivity contribution is 5.82. The first kappa shape index (κ1) is 11.1. The molecule has 2 aromatic heterocycles. The van der Waals surface area contributed by atoms with E-state index in [0.717, 1.165) is 0 Å². The lowest BCUT2D eigenvalue weighted by molar-refractivity contribution is -0.00638. The van der Waals surface area contributed by atoms with Crippen LogP contribution in [0.1, 0.15) is 6.23 Å². The molecule has 0 spiro atoms. The Balaban J connectivity index is 2.01. The van der Waals surface area contributed by atoms with Crippen LogP contribution in [0.3, 0.4) is 0 Å². The van der Waals surface area contributed by atoms with Gasteiger partial charge >= 0.3 is 0 Å². The van der Waals surface area contributed by atoms with E-state index in [9.17, 15) is 0 Å². The first-order valence-electron chi connectivity index (χ1n) is 5.63. The second-order valence-electron chi connectivity index (χ2n) is 3.93. The Morgan fingerprint density at radius 3 is 3.00 bits per heavy atom. The number of fused-ring (bicyclic) bond motifs is 1. The van der Waals surface area contributed by atoms with E-state index >= 15 is 0 Å². The van der Waals surface area contributed by atoms with Crippen LogP contribution in [0.25, 0.3) is 11.2 Å². The van der Waals surface area contributed by atoms with Crippen molar-refractivity contribution in [2.45, 2.75) is 12.3 Å². The summed E-state index contributed by atoms with van der Waals surface area (Å²) >= 11 is 0. The van der Waals surface area contributed by atoms with Gasteiger partial charge in [-0.2, -0.15) is 0 Å². The van der Waals surface area contributed by atoms with Gasteiger partial charge in [-0.3, -0.25) is 4.57 Å². The summed E-state index contributed by atoms with van der Waals surface area (Å²) in [5, 5.41) is 12.0. The maximum atomic E-state index is 9.04. The van der Waals surface area contributed by atoms with Crippen molar-refractivity contribution in [1.82, 2.24) is 19.5 Å². The molecule has 0 amide bonds. The highest BCUT2D eigenvalue weighted by atomic mass is 16.5. The molecule has 1 aliphatic heterocycles. The Labute approximate surface area is 103 Å². The lowest BCUT2D eigenvalue weighted by Gasteiger charge is -2.13. The van der Waals surface area contributed by atoms with Gasteiger partial charge < -0.3 is 15.2 Å². The van der Waals surface area contributed by atoms with Crippen LogP contribution in [-0.4, -0.2) is 44.4 Å². The van der Waals surface area contributed by atoms with Gasteiger partial charge in [0.05, 0.1) is 12.9 Å². The molecule has 0 aliphatic carbocycles. The number of aromatic nitrogens is 4. The first-order valence-corrected chi connectivity index (χ1v) is 5.63. The Morgan fingerprint density at radius 1 is 1.39 bits per heavy atom. The van der Waals surface area contributed by atoms with E-state index < -0.39 is 0 Å². The monoisotopic (exact) mass is 247 g/mol. The third-order valence-corrected chi connectivity index (χ3v) is 2.85. The predicted molar refractivity (Wildman–Crippen MR) is 65.0 cm³/mol. The molecule has 3 rings (SSSR count). The molecule has 0 radical (unpaired) electrons. The maximum Gasteiger partial charge on any atom is 0.167 e. The van der Waals surface area contributed by atoms with Gasteiger partial charge in [0.25, 0.3) is 0 Å². The summed E-state index contributed by atoms with van der Waals surface area (Å²) in [6.07, 6.45) is 6.30. The molecule has 0 aromatic carbocycles. The lowest BCUT2D eigenvalue weighted by Crippen LogP contribution is -2.15. The lowest BCUT2D eigenvalue weighted by atomic mass is 10.4. The summed E-state index contributed by atoms with van der Waals surface area (Å²) < 4.78 is 7.43. The summed E-state index contributed by atoms with van der Waals surface area (Å²) in [7, 11) is 1.79. The average Bonchev–Trinajstić information content (AvgIpc) is 3.03. The SMILES string of the molecule is CNc1ncnc2c1ncn2[C@H]1C=C[C@@H](CO)O1. The Morgan fingerprint density at radius 2 is 2.28 bits per heavy atom. The van der Waals surface area contributed by atoms with Crippen molar-refractivity contribution in [3.63, 3.8) is 0 Å². The molecule has 2 N–H and O–H groups in total. The Bertz CT molecular complexity index is 594. The number of hydrogen-bond acceptors (Lipinski definition) is 6. The van der Waals surface area contributed by atoms with Crippen molar-refractivity contribution >= 4 is 17.0 Å². The van der Waals surface area contributed by atoms with Gasteiger partial charge in [0.15, 0.2) is 17.7 Å². The third-order valence-electron chi connectivity index (χ3n) is 2.85. The fraction of sp³-hybridized carbons (Fsp3) is 0.364. The normalized spacial score (nSPS) is 22.8. The van der Waals surface area contributed by atoms with Crippen LogP contribution in [0.15, 0.2) is 24.8 Å². The topological polar surface area (TPSA) is 85.1 Å². The Kier molecular flexibility index (Phi) is 2.69. The molecule has 7 heteroatoms. The minimum absolute atomic E-state index is 0.0314. The quantitative estimate of drug-likeness (QED) is 0.759. The van der Waals surface area contributed by atoms with E-state index in [2.05, 4.69) is 20.3 Å². The number of aliphatic hydroxyl groups is 1. The van der Waals surface area contributed by atoms with Crippen LogP contribution < -0.4 is 5.32 Å². The fourth-order valence-electron chi connectivity index (χ4n) is 1.97. The number of aliphatic hydroxyl groups excluding tert-OH is 1. The molecule has 0 fully saturated rings. The van der Waals surface area contributed by atoms with Crippen LogP contribution in [0.5, 0.6) is 0 Å². The molecule has 3 heterocycles. The van der Waals surface area contributed by atoms with E-state index in [0.29, 0.717) is 17.0 Å². The van der Waals surface area contributed by atoms with Gasteiger partial charge in [-0.1, -0.05) is 6.08 Å². The standard InChI is InChI=1S/C11H13N5O2/c1-12-10-9-11(14-5-13-10)16(6-15-9)8-3-2-7(4-17)18-8/h2-3,5-8,17H,4H2,1H3,(H,12,13,14)/t7-,8+/m0/s1. The van der Waals surface area contributed by atoms with Gasteiger partial charge in [0.1, 0.15) is 17.9 Å². The third kappa shape index (κ3) is 1.64. The molecular weight excluding hydrogens is 234 g/mol. The van der Waals surface area contributed by atoms with Gasteiger partial charge in [-0.05, 0) is 6.08 Å². The fourth-order valence-corrected chi connectivity index (χ4v) is 1.97. The number of rotatable bonds is 3. The van der Waals surface area contributed by atoms with Gasteiger partial charge in [-0.15, -0.1) is 0 Å². The number of hydrogen-bond donors (Lipinski definition) is 2. The number of nitrogens with one attached hydrogen (secondary N) is 1. The molecular formula is C11H13N5O2. The van der Waals surface area contributed by atoms with Gasteiger partial charge in [-0.25, -0.2) is 15.0 Å². The highest BCUT2D eigenvalue weighted by Gasteiger charge is 2.22. The van der Waals surface area contributed by atoms with Crippen LogP contribution in [0, 0.1) is 0 Å². The second-order valence-corrected chi connectivity index (χ2v) is 3.93. The summed E-state index contributed by atoms with van der Waals surface area (Å²) in [4.78, 5) is 12.6. The van der Waals surface area contributed by atoms with Crippen molar-refractivity contribution in [1.29, 1.82) is 0 Å². The summed E-state index contributed by atoms with van der Waals surface area (Å²) in [6.45, 7) is -0.0314. The summed E-state index contributed by atoms with van der Waals surface area (Å²) in [5.41, 5.74) is 1.40. The van der Waals surface area contributed by atoms with Crippen molar-refractivity contribution in [2.24, 2.45) is 0 Å². The molecule has 2 atom stereocenters. The molecule has 1 aliphatic rings. The molecule has 0 saturated carbocycles. The van der Waals surface area contributed by atoms with E-state index in [-0.39, 0.29) is 18.9 Å². The smallest absolute Gasteiger partial charge is 0.167 e. The zero-order valence-electron chi connectivity index (χ0n) is 9.82. The van der Waals surface area contributed by atoms with Crippen molar-refractivity contribution in [3.05, 3.63) is 24.8 Å². The van der Waals surface area contributed by atoms with E-state index in [1.807, 2.05) is 16.7 Å². The average molecular weight is 247 g/mol. The first-order chi connectivity index (χ1) is 8.83. The van der Waals surface area contributed by atoms with Crippen LogP contribution in [0.4, 0.5) is 5.82 Å². The van der Waals surface area contributed by atoms with E-state index in [4.69, 9.17) is 9.84 Å². The zero-order chi connectivity index (χ0) is 12.5. The van der Waals surface area contributed by atoms with Crippen molar-refractivity contribution in [3.8, 4) is 0 Å². The van der Waals surface area contributed by atoms with Crippen LogP contribution in [-0.2, 0) is 4.74 Å². The summed E-state index contributed by atoms with van der Waals surface area (Å²) in [5.74, 6) is 0.680. The maximum absolute atomic E-state index is 9.04. The number of anilines is 1.